The minimum absolute atomic E-state index is 0.0492. The van der Waals surface area contributed by atoms with Crippen molar-refractivity contribution in [3.8, 4) is 0 Å². The second kappa shape index (κ2) is 6.88. The van der Waals surface area contributed by atoms with Crippen LogP contribution in [0.15, 0.2) is 18.7 Å². The van der Waals surface area contributed by atoms with E-state index >= 15 is 0 Å². The van der Waals surface area contributed by atoms with Gasteiger partial charge in [-0.1, -0.05) is 6.92 Å². The molecule has 0 radical (unpaired) electrons. The van der Waals surface area contributed by atoms with E-state index in [4.69, 9.17) is 0 Å². The molecule has 0 saturated carbocycles. The van der Waals surface area contributed by atoms with Gasteiger partial charge in [-0.3, -0.25) is 4.79 Å². The van der Waals surface area contributed by atoms with Gasteiger partial charge < -0.3 is 14.6 Å². The summed E-state index contributed by atoms with van der Waals surface area (Å²) in [4.78, 5) is 18.1. The van der Waals surface area contributed by atoms with E-state index < -0.39 is 0 Å². The van der Waals surface area contributed by atoms with Crippen LogP contribution in [0, 0.1) is 5.41 Å². The van der Waals surface area contributed by atoms with E-state index in [-0.39, 0.29) is 17.9 Å². The van der Waals surface area contributed by atoms with Crippen molar-refractivity contribution < 1.29 is 9.90 Å². The van der Waals surface area contributed by atoms with Crippen molar-refractivity contribution in [2.45, 2.75) is 45.6 Å². The summed E-state index contributed by atoms with van der Waals surface area (Å²) < 4.78 is 2.00. The van der Waals surface area contributed by atoms with E-state index in [0.717, 1.165) is 45.3 Å². The number of aliphatic hydroxyl groups is 1. The van der Waals surface area contributed by atoms with Gasteiger partial charge in [-0.25, -0.2) is 4.98 Å². The zero-order valence-corrected chi connectivity index (χ0v) is 12.3. The molecule has 0 spiro atoms. The van der Waals surface area contributed by atoms with Gasteiger partial charge in [-0.05, 0) is 31.1 Å². The zero-order chi connectivity index (χ0) is 14.4. The maximum Gasteiger partial charge on any atom is 0.222 e. The van der Waals surface area contributed by atoms with E-state index in [0.29, 0.717) is 6.42 Å². The predicted octanol–water partition coefficient (Wildman–Crippen LogP) is 1.67. The first-order valence-electron chi connectivity index (χ1n) is 7.53. The normalized spacial score (nSPS) is 18.2. The van der Waals surface area contributed by atoms with Crippen LogP contribution in [-0.2, 0) is 11.3 Å². The maximum absolute atomic E-state index is 12.2. The molecule has 2 heterocycles. The number of aromatic nitrogens is 2. The lowest BCUT2D eigenvalue weighted by atomic mass is 9.77. The van der Waals surface area contributed by atoms with Crippen molar-refractivity contribution in [1.82, 2.24) is 14.5 Å². The molecule has 5 nitrogen and oxygen atoms in total. The Morgan fingerprint density at radius 2 is 2.15 bits per heavy atom. The molecule has 1 aromatic heterocycles. The third kappa shape index (κ3) is 3.60. The van der Waals surface area contributed by atoms with Crippen LogP contribution in [0.3, 0.4) is 0 Å². The first-order chi connectivity index (χ1) is 9.69. The maximum atomic E-state index is 12.2. The lowest BCUT2D eigenvalue weighted by molar-refractivity contribution is -0.134. The number of aryl methyl sites for hydroxylation is 1. The van der Waals surface area contributed by atoms with Gasteiger partial charge in [0.15, 0.2) is 0 Å². The van der Waals surface area contributed by atoms with E-state index in [9.17, 15) is 9.90 Å². The van der Waals surface area contributed by atoms with Crippen LogP contribution in [0.5, 0.6) is 0 Å². The summed E-state index contributed by atoms with van der Waals surface area (Å²) in [6.07, 6.45) is 9.74. The number of aliphatic hydroxyl groups excluding tert-OH is 1. The van der Waals surface area contributed by atoms with Crippen LogP contribution in [-0.4, -0.2) is 45.2 Å². The van der Waals surface area contributed by atoms with Gasteiger partial charge in [0.1, 0.15) is 0 Å². The molecular formula is C15H25N3O2. The summed E-state index contributed by atoms with van der Waals surface area (Å²) in [6.45, 7) is 4.79. The fourth-order valence-corrected chi connectivity index (χ4v) is 2.84. The first-order valence-corrected chi connectivity index (χ1v) is 7.53. The molecule has 0 aromatic carbocycles. The minimum Gasteiger partial charge on any atom is -0.396 e. The summed E-state index contributed by atoms with van der Waals surface area (Å²) in [5.41, 5.74) is 0.0492. The molecule has 0 aliphatic carbocycles. The number of carbonyl (C=O) groups excluding carboxylic acids is 1. The summed E-state index contributed by atoms with van der Waals surface area (Å²) in [5, 5.41) is 9.50. The Hall–Kier alpha value is -1.36. The van der Waals surface area contributed by atoms with E-state index in [1.165, 1.54) is 0 Å². The number of rotatable bonds is 6. The van der Waals surface area contributed by atoms with Crippen LogP contribution >= 0.6 is 0 Å². The topological polar surface area (TPSA) is 58.4 Å². The molecular weight excluding hydrogens is 254 g/mol. The molecule has 1 fully saturated rings. The summed E-state index contributed by atoms with van der Waals surface area (Å²) in [6, 6.07) is 0. The van der Waals surface area contributed by atoms with Crippen LogP contribution in [0.1, 0.15) is 39.0 Å². The van der Waals surface area contributed by atoms with Crippen molar-refractivity contribution in [1.29, 1.82) is 0 Å². The number of nitrogens with zero attached hydrogens (tertiary/aromatic N) is 3. The first kappa shape index (κ1) is 15.0. The second-order valence-electron chi connectivity index (χ2n) is 5.80. The SMILES string of the molecule is CCC1(CO)CCN(C(=O)CCCn2ccnc2)CC1. The van der Waals surface area contributed by atoms with Gasteiger partial charge in [0.25, 0.3) is 0 Å². The molecule has 1 aliphatic heterocycles. The standard InChI is InChI=1S/C15H25N3O2/c1-2-15(12-19)5-9-18(10-6-15)14(20)4-3-8-17-11-7-16-13-17/h7,11,13,19H,2-6,8-10,12H2,1H3. The van der Waals surface area contributed by atoms with Gasteiger partial charge in [0.2, 0.25) is 5.91 Å². The molecule has 5 heteroatoms. The summed E-state index contributed by atoms with van der Waals surface area (Å²) >= 11 is 0. The Morgan fingerprint density at radius 3 is 2.70 bits per heavy atom. The van der Waals surface area contributed by atoms with Crippen LogP contribution < -0.4 is 0 Å². The van der Waals surface area contributed by atoms with Gasteiger partial charge in [-0.2, -0.15) is 0 Å². The molecule has 0 bridgehead atoms. The van der Waals surface area contributed by atoms with Crippen LogP contribution in [0.2, 0.25) is 0 Å². The monoisotopic (exact) mass is 279 g/mol. The number of piperidine rings is 1. The quantitative estimate of drug-likeness (QED) is 0.862. The Balaban J connectivity index is 1.72. The summed E-state index contributed by atoms with van der Waals surface area (Å²) in [5.74, 6) is 0.243. The van der Waals surface area contributed by atoms with E-state index in [1.807, 2.05) is 15.7 Å². The number of amides is 1. The molecule has 2 rings (SSSR count). The number of carbonyl (C=O) groups is 1. The fraction of sp³-hybridized carbons (Fsp3) is 0.733. The Labute approximate surface area is 120 Å². The highest BCUT2D eigenvalue weighted by atomic mass is 16.3. The highest BCUT2D eigenvalue weighted by molar-refractivity contribution is 5.76. The van der Waals surface area contributed by atoms with Gasteiger partial charge in [0, 0.05) is 45.1 Å². The molecule has 1 N–H and O–H groups in total. The van der Waals surface area contributed by atoms with Crippen molar-refractivity contribution in [3.05, 3.63) is 18.7 Å². The highest BCUT2D eigenvalue weighted by Crippen LogP contribution is 2.34. The molecule has 1 aliphatic rings. The third-order valence-electron chi connectivity index (χ3n) is 4.63. The van der Waals surface area contributed by atoms with E-state index in [1.54, 1.807) is 12.5 Å². The smallest absolute Gasteiger partial charge is 0.222 e. The van der Waals surface area contributed by atoms with Crippen molar-refractivity contribution in [2.75, 3.05) is 19.7 Å². The van der Waals surface area contributed by atoms with Gasteiger partial charge in [0.05, 0.1) is 6.33 Å². The average molecular weight is 279 g/mol. The lowest BCUT2D eigenvalue weighted by Crippen LogP contribution is -2.44. The molecule has 20 heavy (non-hydrogen) atoms. The highest BCUT2D eigenvalue weighted by Gasteiger charge is 2.33. The second-order valence-corrected chi connectivity index (χ2v) is 5.80. The molecule has 1 saturated heterocycles. The van der Waals surface area contributed by atoms with Crippen molar-refractivity contribution in [3.63, 3.8) is 0 Å². The van der Waals surface area contributed by atoms with Crippen LogP contribution in [0.25, 0.3) is 0 Å². The van der Waals surface area contributed by atoms with Crippen LogP contribution in [0.4, 0.5) is 0 Å². The number of imidazole rings is 1. The Morgan fingerprint density at radius 1 is 1.40 bits per heavy atom. The zero-order valence-electron chi connectivity index (χ0n) is 12.3. The summed E-state index contributed by atoms with van der Waals surface area (Å²) in [7, 11) is 0. The van der Waals surface area contributed by atoms with Gasteiger partial charge >= 0.3 is 0 Å². The third-order valence-corrected chi connectivity index (χ3v) is 4.63. The number of hydrogen-bond donors (Lipinski definition) is 1. The average Bonchev–Trinajstić information content (AvgIpc) is 3.00. The minimum atomic E-state index is 0.0492. The molecule has 112 valence electrons. The molecule has 0 unspecified atom stereocenters. The lowest BCUT2D eigenvalue weighted by Gasteiger charge is -2.40. The van der Waals surface area contributed by atoms with Crippen molar-refractivity contribution >= 4 is 5.91 Å². The largest absolute Gasteiger partial charge is 0.396 e. The number of hydrogen-bond acceptors (Lipinski definition) is 3. The van der Waals surface area contributed by atoms with E-state index in [2.05, 4.69) is 11.9 Å². The van der Waals surface area contributed by atoms with Gasteiger partial charge in [-0.15, -0.1) is 0 Å². The number of likely N-dealkylation sites (tertiary alicyclic amines) is 1. The fourth-order valence-electron chi connectivity index (χ4n) is 2.84. The molecule has 1 aromatic rings. The Kier molecular flexibility index (Phi) is 5.17. The predicted molar refractivity (Wildman–Crippen MR) is 77.1 cm³/mol. The molecule has 1 amide bonds. The Bertz CT molecular complexity index is 403. The van der Waals surface area contributed by atoms with Crippen molar-refractivity contribution in [2.24, 2.45) is 5.41 Å². The molecule has 0 atom stereocenters.